The molecule has 0 spiro atoms. The summed E-state index contributed by atoms with van der Waals surface area (Å²) in [5, 5.41) is 6.72. The summed E-state index contributed by atoms with van der Waals surface area (Å²) in [6.45, 7) is 6.14. The quantitative estimate of drug-likeness (QED) is 0.337. The van der Waals surface area contributed by atoms with Crippen LogP contribution >= 0.6 is 24.0 Å². The van der Waals surface area contributed by atoms with Gasteiger partial charge in [0.1, 0.15) is 0 Å². The molecule has 5 nitrogen and oxygen atoms in total. The number of ether oxygens (including phenoxy) is 2. The molecule has 6 heteroatoms. The van der Waals surface area contributed by atoms with E-state index in [0.29, 0.717) is 13.2 Å². The van der Waals surface area contributed by atoms with Crippen LogP contribution < -0.4 is 20.1 Å². The smallest absolute Gasteiger partial charge is 0.191 e. The molecule has 2 N–H and O–H groups in total. The van der Waals surface area contributed by atoms with Crippen molar-refractivity contribution in [3.63, 3.8) is 0 Å². The Morgan fingerprint density at radius 1 is 0.963 bits per heavy atom. The molecule has 0 aliphatic carbocycles. The third-order valence-electron chi connectivity index (χ3n) is 4.16. The second kappa shape index (κ2) is 12.4. The van der Waals surface area contributed by atoms with Gasteiger partial charge in [-0.25, -0.2) is 0 Å². The standard InChI is InChI=1S/C21H29N3O2.HI/c1-5-17-9-7-8-10-18(17)15-24-21(22-3)23-14-16-11-12-19(25-4)20(13-16)26-6-2;/h7-13H,5-6,14-15H2,1-4H3,(H2,22,23,24);1H. The van der Waals surface area contributed by atoms with E-state index in [-0.39, 0.29) is 24.0 Å². The Balaban J connectivity index is 0.00000364. The van der Waals surface area contributed by atoms with Gasteiger partial charge in [-0.1, -0.05) is 37.3 Å². The monoisotopic (exact) mass is 483 g/mol. The summed E-state index contributed by atoms with van der Waals surface area (Å²) in [6.07, 6.45) is 1.02. The minimum absolute atomic E-state index is 0. The van der Waals surface area contributed by atoms with Crippen LogP contribution in [0.25, 0.3) is 0 Å². The second-order valence-corrected chi connectivity index (χ2v) is 5.82. The summed E-state index contributed by atoms with van der Waals surface area (Å²) in [5.74, 6) is 2.27. The molecule has 0 aliphatic heterocycles. The Labute approximate surface area is 179 Å². The molecular formula is C21H30IN3O2. The van der Waals surface area contributed by atoms with Crippen LogP contribution in [0.1, 0.15) is 30.5 Å². The van der Waals surface area contributed by atoms with Gasteiger partial charge in [-0.2, -0.15) is 0 Å². The average Bonchev–Trinajstić information content (AvgIpc) is 2.68. The molecule has 0 saturated carbocycles. The van der Waals surface area contributed by atoms with E-state index >= 15 is 0 Å². The van der Waals surface area contributed by atoms with Crippen LogP contribution in [-0.2, 0) is 19.5 Å². The van der Waals surface area contributed by atoms with Crippen LogP contribution in [0.2, 0.25) is 0 Å². The SMILES string of the molecule is CCOc1cc(CNC(=NC)NCc2ccccc2CC)ccc1OC.I. The van der Waals surface area contributed by atoms with Crippen molar-refractivity contribution in [2.24, 2.45) is 4.99 Å². The van der Waals surface area contributed by atoms with E-state index in [9.17, 15) is 0 Å². The molecular weight excluding hydrogens is 453 g/mol. The Bertz CT molecular complexity index is 735. The van der Waals surface area contributed by atoms with Gasteiger partial charge in [-0.15, -0.1) is 24.0 Å². The van der Waals surface area contributed by atoms with E-state index in [1.165, 1.54) is 11.1 Å². The number of aliphatic imine (C=N–C) groups is 1. The fourth-order valence-electron chi connectivity index (χ4n) is 2.76. The molecule has 2 aromatic rings. The number of hydrogen-bond donors (Lipinski definition) is 2. The molecule has 0 saturated heterocycles. The van der Waals surface area contributed by atoms with E-state index in [1.54, 1.807) is 14.2 Å². The average molecular weight is 483 g/mol. The van der Waals surface area contributed by atoms with Gasteiger partial charge in [0.25, 0.3) is 0 Å². The van der Waals surface area contributed by atoms with E-state index in [4.69, 9.17) is 9.47 Å². The summed E-state index contributed by atoms with van der Waals surface area (Å²) < 4.78 is 11.0. The lowest BCUT2D eigenvalue weighted by molar-refractivity contribution is 0.310. The number of hydrogen-bond acceptors (Lipinski definition) is 3. The van der Waals surface area contributed by atoms with Gasteiger partial charge in [-0.3, -0.25) is 4.99 Å². The Hall–Kier alpha value is -1.96. The lowest BCUT2D eigenvalue weighted by Crippen LogP contribution is -2.36. The van der Waals surface area contributed by atoms with Gasteiger partial charge in [0.2, 0.25) is 0 Å². The number of nitrogens with zero attached hydrogens (tertiary/aromatic N) is 1. The molecule has 0 aliphatic rings. The van der Waals surface area contributed by atoms with E-state index in [0.717, 1.165) is 36.0 Å². The van der Waals surface area contributed by atoms with Gasteiger partial charge in [-0.05, 0) is 42.2 Å². The molecule has 0 radical (unpaired) electrons. The summed E-state index contributed by atoms with van der Waals surface area (Å²) in [6, 6.07) is 14.4. The maximum absolute atomic E-state index is 5.63. The van der Waals surface area contributed by atoms with E-state index < -0.39 is 0 Å². The maximum Gasteiger partial charge on any atom is 0.191 e. The molecule has 0 heterocycles. The zero-order chi connectivity index (χ0) is 18.8. The normalized spacial score (nSPS) is 10.7. The van der Waals surface area contributed by atoms with Crippen molar-refractivity contribution in [2.75, 3.05) is 20.8 Å². The predicted octanol–water partition coefficient (Wildman–Crippen LogP) is 4.14. The Kier molecular flexibility index (Phi) is 10.6. The van der Waals surface area contributed by atoms with Gasteiger partial charge in [0.15, 0.2) is 17.5 Å². The van der Waals surface area contributed by atoms with Crippen molar-refractivity contribution in [1.29, 1.82) is 0 Å². The number of benzene rings is 2. The van der Waals surface area contributed by atoms with E-state index in [2.05, 4.69) is 46.8 Å². The number of halogens is 1. The molecule has 27 heavy (non-hydrogen) atoms. The summed E-state index contributed by atoms with van der Waals surface area (Å²) in [4.78, 5) is 4.30. The highest BCUT2D eigenvalue weighted by Crippen LogP contribution is 2.27. The highest BCUT2D eigenvalue weighted by molar-refractivity contribution is 14.0. The molecule has 0 unspecified atom stereocenters. The highest BCUT2D eigenvalue weighted by Gasteiger charge is 2.06. The van der Waals surface area contributed by atoms with E-state index in [1.807, 2.05) is 25.1 Å². The number of rotatable bonds is 8. The van der Waals surface area contributed by atoms with Crippen LogP contribution in [0.3, 0.4) is 0 Å². The second-order valence-electron chi connectivity index (χ2n) is 5.82. The minimum atomic E-state index is 0. The number of aryl methyl sites for hydroxylation is 1. The number of nitrogens with one attached hydrogen (secondary N) is 2. The van der Waals surface area contributed by atoms with Crippen LogP contribution in [0, 0.1) is 0 Å². The zero-order valence-corrected chi connectivity index (χ0v) is 18.9. The van der Waals surface area contributed by atoms with Crippen LogP contribution in [0.15, 0.2) is 47.5 Å². The molecule has 0 aromatic heterocycles. The molecule has 2 aromatic carbocycles. The number of guanidine groups is 1. The molecule has 0 bridgehead atoms. The van der Waals surface area contributed by atoms with Gasteiger partial charge in [0.05, 0.1) is 13.7 Å². The minimum Gasteiger partial charge on any atom is -0.493 e. The maximum atomic E-state index is 5.63. The van der Waals surface area contributed by atoms with Crippen molar-refractivity contribution < 1.29 is 9.47 Å². The zero-order valence-electron chi connectivity index (χ0n) is 16.5. The highest BCUT2D eigenvalue weighted by atomic mass is 127. The Morgan fingerprint density at radius 3 is 2.30 bits per heavy atom. The fraction of sp³-hybridized carbons (Fsp3) is 0.381. The predicted molar refractivity (Wildman–Crippen MR) is 122 cm³/mol. The van der Waals surface area contributed by atoms with Crippen LogP contribution in [0.5, 0.6) is 11.5 Å². The molecule has 0 amide bonds. The lowest BCUT2D eigenvalue weighted by Gasteiger charge is -2.15. The molecule has 2 rings (SSSR count). The first kappa shape index (κ1) is 23.1. The van der Waals surface area contributed by atoms with Crippen LogP contribution in [-0.4, -0.2) is 26.7 Å². The lowest BCUT2D eigenvalue weighted by atomic mass is 10.1. The van der Waals surface area contributed by atoms with Crippen molar-refractivity contribution >= 4 is 29.9 Å². The summed E-state index contributed by atoms with van der Waals surface area (Å²) in [7, 11) is 3.43. The van der Waals surface area contributed by atoms with Crippen molar-refractivity contribution in [1.82, 2.24) is 10.6 Å². The number of methoxy groups -OCH3 is 1. The first-order valence-electron chi connectivity index (χ1n) is 9.02. The van der Waals surface area contributed by atoms with Gasteiger partial charge >= 0.3 is 0 Å². The summed E-state index contributed by atoms with van der Waals surface area (Å²) >= 11 is 0. The largest absolute Gasteiger partial charge is 0.493 e. The topological polar surface area (TPSA) is 54.9 Å². The van der Waals surface area contributed by atoms with Crippen molar-refractivity contribution in [3.05, 3.63) is 59.2 Å². The first-order chi connectivity index (χ1) is 12.7. The Morgan fingerprint density at radius 2 is 1.67 bits per heavy atom. The molecule has 148 valence electrons. The summed E-state index contributed by atoms with van der Waals surface area (Å²) in [5.41, 5.74) is 3.75. The van der Waals surface area contributed by atoms with Gasteiger partial charge in [0, 0.05) is 20.1 Å². The van der Waals surface area contributed by atoms with Crippen LogP contribution in [0.4, 0.5) is 0 Å². The third-order valence-corrected chi connectivity index (χ3v) is 4.16. The van der Waals surface area contributed by atoms with Crippen molar-refractivity contribution in [2.45, 2.75) is 33.4 Å². The third kappa shape index (κ3) is 6.93. The first-order valence-corrected chi connectivity index (χ1v) is 9.02. The fourth-order valence-corrected chi connectivity index (χ4v) is 2.76. The molecule has 0 fully saturated rings. The van der Waals surface area contributed by atoms with Crippen molar-refractivity contribution in [3.8, 4) is 11.5 Å². The van der Waals surface area contributed by atoms with Gasteiger partial charge < -0.3 is 20.1 Å². The molecule has 0 atom stereocenters.